The molecule has 0 aliphatic heterocycles. The lowest BCUT2D eigenvalue weighted by Gasteiger charge is -2.24. The van der Waals surface area contributed by atoms with E-state index >= 15 is 0 Å². The van der Waals surface area contributed by atoms with Crippen LogP contribution in [-0.4, -0.2) is 36.1 Å². The van der Waals surface area contributed by atoms with Crippen molar-refractivity contribution in [3.05, 3.63) is 95.8 Å². The second-order valence-electron chi connectivity index (χ2n) is 7.62. The van der Waals surface area contributed by atoms with Crippen LogP contribution in [0.4, 0.5) is 5.95 Å². The van der Waals surface area contributed by atoms with E-state index in [2.05, 4.69) is 39.2 Å². The maximum atomic E-state index is 5.31. The van der Waals surface area contributed by atoms with Crippen LogP contribution in [-0.2, 0) is 19.6 Å². The number of rotatable bonds is 10. The van der Waals surface area contributed by atoms with Gasteiger partial charge in [-0.1, -0.05) is 36.4 Å². The lowest BCUT2D eigenvalue weighted by molar-refractivity contribution is 0.414. The molecule has 3 aromatic carbocycles. The van der Waals surface area contributed by atoms with E-state index < -0.39 is 0 Å². The van der Waals surface area contributed by atoms with Crippen LogP contribution >= 0.6 is 0 Å². The van der Waals surface area contributed by atoms with Gasteiger partial charge in [0.05, 0.1) is 27.9 Å². The van der Waals surface area contributed by atoms with E-state index in [1.54, 1.807) is 27.7 Å². The minimum atomic E-state index is 0.612. The summed E-state index contributed by atoms with van der Waals surface area (Å²) >= 11 is 0. The standard InChI is InChI=1S/C26H28N4O3/c1-31-23-10-4-20(5-11-23)16-29(17-21-6-12-24(32-2)13-7-21)26-27-19-28-30(26)18-22-8-14-25(33-3)15-9-22/h4-15,19H,16-18H2,1-3H3. The highest BCUT2D eigenvalue weighted by Crippen LogP contribution is 2.22. The van der Waals surface area contributed by atoms with Crippen LogP contribution in [0.2, 0.25) is 0 Å². The second kappa shape index (κ2) is 10.5. The van der Waals surface area contributed by atoms with Crippen molar-refractivity contribution >= 4 is 5.95 Å². The highest BCUT2D eigenvalue weighted by molar-refractivity contribution is 5.38. The molecule has 0 amide bonds. The smallest absolute Gasteiger partial charge is 0.224 e. The van der Waals surface area contributed by atoms with E-state index in [9.17, 15) is 0 Å². The van der Waals surface area contributed by atoms with E-state index in [0.717, 1.165) is 39.9 Å². The zero-order valence-electron chi connectivity index (χ0n) is 19.1. The highest BCUT2D eigenvalue weighted by Gasteiger charge is 2.16. The van der Waals surface area contributed by atoms with Gasteiger partial charge < -0.3 is 19.1 Å². The molecule has 0 spiro atoms. The van der Waals surface area contributed by atoms with Crippen LogP contribution in [0.25, 0.3) is 0 Å². The number of nitrogens with zero attached hydrogens (tertiary/aromatic N) is 4. The Kier molecular flexibility index (Phi) is 7.09. The summed E-state index contributed by atoms with van der Waals surface area (Å²) in [6, 6.07) is 24.2. The quantitative estimate of drug-likeness (QED) is 0.357. The number of hydrogen-bond acceptors (Lipinski definition) is 6. The molecule has 0 radical (unpaired) electrons. The summed E-state index contributed by atoms with van der Waals surface area (Å²) in [5, 5.41) is 4.51. The van der Waals surface area contributed by atoms with Crippen LogP contribution in [0.3, 0.4) is 0 Å². The summed E-state index contributed by atoms with van der Waals surface area (Å²) in [4.78, 5) is 6.83. The molecule has 7 heteroatoms. The maximum Gasteiger partial charge on any atom is 0.224 e. The molecule has 0 aliphatic carbocycles. The molecule has 1 aromatic heterocycles. The summed E-state index contributed by atoms with van der Waals surface area (Å²) in [5.74, 6) is 3.31. The van der Waals surface area contributed by atoms with Crippen LogP contribution in [0.5, 0.6) is 17.2 Å². The van der Waals surface area contributed by atoms with Gasteiger partial charge in [-0.25, -0.2) is 4.68 Å². The van der Waals surface area contributed by atoms with Crippen molar-refractivity contribution in [2.45, 2.75) is 19.6 Å². The molecule has 0 N–H and O–H groups in total. The molecule has 7 nitrogen and oxygen atoms in total. The maximum absolute atomic E-state index is 5.31. The van der Waals surface area contributed by atoms with Gasteiger partial charge in [-0.15, -0.1) is 0 Å². The van der Waals surface area contributed by atoms with Crippen molar-refractivity contribution in [1.82, 2.24) is 14.8 Å². The van der Waals surface area contributed by atoms with Crippen molar-refractivity contribution in [3.8, 4) is 17.2 Å². The minimum absolute atomic E-state index is 0.612. The monoisotopic (exact) mass is 444 g/mol. The summed E-state index contributed by atoms with van der Waals surface area (Å²) in [5.41, 5.74) is 3.43. The fourth-order valence-corrected chi connectivity index (χ4v) is 3.62. The molecule has 0 unspecified atom stereocenters. The molecule has 0 bridgehead atoms. The zero-order chi connectivity index (χ0) is 23.0. The molecule has 0 saturated heterocycles. The Bertz CT molecular complexity index is 1090. The number of methoxy groups -OCH3 is 3. The van der Waals surface area contributed by atoms with Gasteiger partial charge in [-0.05, 0) is 53.1 Å². The van der Waals surface area contributed by atoms with Gasteiger partial charge in [0.25, 0.3) is 0 Å². The molecule has 0 fully saturated rings. The molecular weight excluding hydrogens is 416 g/mol. The predicted octanol–water partition coefficient (Wildman–Crippen LogP) is 4.56. The third-order valence-corrected chi connectivity index (χ3v) is 5.43. The first-order chi connectivity index (χ1) is 16.2. The van der Waals surface area contributed by atoms with Crippen LogP contribution in [0.15, 0.2) is 79.1 Å². The normalized spacial score (nSPS) is 10.6. The first-order valence-electron chi connectivity index (χ1n) is 10.7. The number of hydrogen-bond donors (Lipinski definition) is 0. The van der Waals surface area contributed by atoms with Gasteiger partial charge in [0.2, 0.25) is 5.95 Å². The largest absolute Gasteiger partial charge is 0.497 e. The third kappa shape index (κ3) is 5.63. The SMILES string of the molecule is COc1ccc(CN(Cc2ccc(OC)cc2)c2ncnn2Cc2ccc(OC)cc2)cc1. The van der Waals surface area contributed by atoms with Crippen molar-refractivity contribution in [2.75, 3.05) is 26.2 Å². The molecular formula is C26H28N4O3. The highest BCUT2D eigenvalue weighted by atomic mass is 16.5. The molecule has 0 atom stereocenters. The lowest BCUT2D eigenvalue weighted by atomic mass is 10.1. The lowest BCUT2D eigenvalue weighted by Crippen LogP contribution is -2.26. The van der Waals surface area contributed by atoms with E-state index in [1.807, 2.05) is 53.2 Å². The average Bonchev–Trinajstić information content (AvgIpc) is 3.33. The van der Waals surface area contributed by atoms with Crippen molar-refractivity contribution in [2.24, 2.45) is 0 Å². The van der Waals surface area contributed by atoms with E-state index in [0.29, 0.717) is 19.6 Å². The van der Waals surface area contributed by atoms with Gasteiger partial charge in [-0.2, -0.15) is 10.1 Å². The first-order valence-corrected chi connectivity index (χ1v) is 10.7. The predicted molar refractivity (Wildman–Crippen MR) is 128 cm³/mol. The Morgan fingerprint density at radius 1 is 0.636 bits per heavy atom. The van der Waals surface area contributed by atoms with E-state index in [1.165, 1.54) is 0 Å². The van der Waals surface area contributed by atoms with Gasteiger partial charge in [0, 0.05) is 13.1 Å². The third-order valence-electron chi connectivity index (χ3n) is 5.43. The molecule has 4 aromatic rings. The van der Waals surface area contributed by atoms with Crippen molar-refractivity contribution in [1.29, 1.82) is 0 Å². The second-order valence-corrected chi connectivity index (χ2v) is 7.62. The van der Waals surface area contributed by atoms with Gasteiger partial charge in [-0.3, -0.25) is 0 Å². The summed E-state index contributed by atoms with van der Waals surface area (Å²) in [6.07, 6.45) is 1.61. The number of aromatic nitrogens is 3. The fraction of sp³-hybridized carbons (Fsp3) is 0.231. The Hall–Kier alpha value is -4.00. The molecule has 0 saturated carbocycles. The van der Waals surface area contributed by atoms with E-state index in [4.69, 9.17) is 14.2 Å². The topological polar surface area (TPSA) is 61.6 Å². The summed E-state index contributed by atoms with van der Waals surface area (Å²) in [6.45, 7) is 1.97. The van der Waals surface area contributed by atoms with E-state index in [-0.39, 0.29) is 0 Å². The number of anilines is 1. The average molecular weight is 445 g/mol. The van der Waals surface area contributed by atoms with Crippen molar-refractivity contribution in [3.63, 3.8) is 0 Å². The molecule has 1 heterocycles. The van der Waals surface area contributed by atoms with Crippen LogP contribution in [0, 0.1) is 0 Å². The van der Waals surface area contributed by atoms with Crippen molar-refractivity contribution < 1.29 is 14.2 Å². The minimum Gasteiger partial charge on any atom is -0.497 e. The molecule has 170 valence electrons. The Morgan fingerprint density at radius 2 is 1.06 bits per heavy atom. The van der Waals surface area contributed by atoms with Crippen LogP contribution < -0.4 is 19.1 Å². The molecule has 33 heavy (non-hydrogen) atoms. The fourth-order valence-electron chi connectivity index (χ4n) is 3.62. The van der Waals surface area contributed by atoms with Gasteiger partial charge >= 0.3 is 0 Å². The summed E-state index contributed by atoms with van der Waals surface area (Å²) < 4.78 is 17.8. The number of ether oxygens (including phenoxy) is 3. The molecule has 4 rings (SSSR count). The number of benzene rings is 3. The zero-order valence-corrected chi connectivity index (χ0v) is 19.1. The van der Waals surface area contributed by atoms with Gasteiger partial charge in [0.15, 0.2) is 0 Å². The van der Waals surface area contributed by atoms with Crippen LogP contribution in [0.1, 0.15) is 16.7 Å². The Morgan fingerprint density at radius 3 is 1.48 bits per heavy atom. The first kappa shape index (κ1) is 22.2. The Labute approximate surface area is 194 Å². The van der Waals surface area contributed by atoms with Gasteiger partial charge in [0.1, 0.15) is 23.6 Å². The molecule has 0 aliphatic rings. The summed E-state index contributed by atoms with van der Waals surface area (Å²) in [7, 11) is 5.01. The Balaban J connectivity index is 1.60.